The fourth-order valence-electron chi connectivity index (χ4n) is 4.42. The summed E-state index contributed by atoms with van der Waals surface area (Å²) in [7, 11) is 0. The summed E-state index contributed by atoms with van der Waals surface area (Å²) >= 11 is 5.94. The standard InChI is InChI=1S/C24H31ClF2N4O5/c1-4-35-20(21(32)33)14-30-11-8-24(9-12-30,31-18(15(2)3)7-10-28-31)22(34)29-17-6-5-16(25)13-19(17)36-23(26)27/h5-7,10,13,15,20,23H,4,8-9,11-12,14H2,1-3H3,(H,29,34)(H,32,33). The molecule has 2 heterocycles. The summed E-state index contributed by atoms with van der Waals surface area (Å²) < 4.78 is 37.6. The van der Waals surface area contributed by atoms with E-state index in [2.05, 4.69) is 15.2 Å². The third kappa shape index (κ3) is 6.32. The van der Waals surface area contributed by atoms with Gasteiger partial charge in [0.15, 0.2) is 11.9 Å². The van der Waals surface area contributed by atoms with Crippen molar-refractivity contribution in [2.45, 2.75) is 57.8 Å². The number of hydrogen-bond donors (Lipinski definition) is 2. The number of anilines is 1. The van der Waals surface area contributed by atoms with Crippen molar-refractivity contribution in [1.82, 2.24) is 14.7 Å². The quantitative estimate of drug-likeness (QED) is 0.450. The van der Waals surface area contributed by atoms with Gasteiger partial charge in [0.05, 0.1) is 5.69 Å². The van der Waals surface area contributed by atoms with Gasteiger partial charge in [-0.3, -0.25) is 14.4 Å². The number of piperidine rings is 1. The number of ether oxygens (including phenoxy) is 2. The molecule has 1 aliphatic rings. The third-order valence-corrected chi connectivity index (χ3v) is 6.49. The lowest BCUT2D eigenvalue weighted by Gasteiger charge is -2.42. The highest BCUT2D eigenvalue weighted by molar-refractivity contribution is 6.30. The Morgan fingerprint density at radius 2 is 1.94 bits per heavy atom. The first kappa shape index (κ1) is 27.8. The van der Waals surface area contributed by atoms with Gasteiger partial charge in [-0.25, -0.2) is 4.79 Å². The van der Waals surface area contributed by atoms with Gasteiger partial charge >= 0.3 is 12.6 Å². The Balaban J connectivity index is 1.91. The monoisotopic (exact) mass is 528 g/mol. The fourth-order valence-corrected chi connectivity index (χ4v) is 4.58. The summed E-state index contributed by atoms with van der Waals surface area (Å²) in [5.41, 5.74) is -0.227. The Morgan fingerprint density at radius 1 is 1.25 bits per heavy atom. The minimum Gasteiger partial charge on any atom is -0.479 e. The van der Waals surface area contributed by atoms with Crippen LogP contribution in [0.15, 0.2) is 30.5 Å². The van der Waals surface area contributed by atoms with E-state index in [1.807, 2.05) is 24.8 Å². The Labute approximate surface area is 213 Å². The van der Waals surface area contributed by atoms with Gasteiger partial charge in [-0.15, -0.1) is 0 Å². The van der Waals surface area contributed by atoms with Crippen LogP contribution in [0.4, 0.5) is 14.5 Å². The topological polar surface area (TPSA) is 106 Å². The third-order valence-electron chi connectivity index (χ3n) is 6.25. The molecule has 0 aliphatic carbocycles. The van der Waals surface area contributed by atoms with Gasteiger partial charge in [0, 0.05) is 49.2 Å². The second kappa shape index (κ2) is 12.0. The summed E-state index contributed by atoms with van der Waals surface area (Å²) in [5, 5.41) is 16.8. The van der Waals surface area contributed by atoms with Crippen molar-refractivity contribution in [3.8, 4) is 5.75 Å². The van der Waals surface area contributed by atoms with Crippen molar-refractivity contribution >= 4 is 29.2 Å². The number of likely N-dealkylation sites (tertiary alicyclic amines) is 1. The van der Waals surface area contributed by atoms with Gasteiger partial charge in [-0.1, -0.05) is 25.4 Å². The number of amides is 1. The number of nitrogens with one attached hydrogen (secondary N) is 1. The molecule has 1 atom stereocenters. The van der Waals surface area contributed by atoms with E-state index in [0.29, 0.717) is 25.9 Å². The molecule has 1 fully saturated rings. The van der Waals surface area contributed by atoms with Gasteiger partial charge in [-0.05, 0) is 43.9 Å². The molecule has 0 radical (unpaired) electrons. The van der Waals surface area contributed by atoms with E-state index < -0.39 is 30.1 Å². The average molecular weight is 529 g/mol. The molecule has 3 rings (SSSR count). The zero-order valence-electron chi connectivity index (χ0n) is 20.4. The molecule has 1 aliphatic heterocycles. The number of nitrogens with zero attached hydrogens (tertiary/aromatic N) is 3. The van der Waals surface area contributed by atoms with Crippen molar-refractivity contribution < 1.29 is 33.0 Å². The largest absolute Gasteiger partial charge is 0.479 e. The maximum Gasteiger partial charge on any atom is 0.387 e. The Bertz CT molecular complexity index is 1060. The molecule has 0 saturated carbocycles. The summed E-state index contributed by atoms with van der Waals surface area (Å²) in [6.07, 6.45) is 1.28. The SMILES string of the molecule is CCOC(CN1CCC(C(=O)Nc2ccc(Cl)cc2OC(F)F)(n2nccc2C(C)C)CC1)C(=O)O. The lowest BCUT2D eigenvalue weighted by molar-refractivity contribution is -0.152. The number of rotatable bonds is 11. The van der Waals surface area contributed by atoms with Crippen molar-refractivity contribution in [3.05, 3.63) is 41.2 Å². The molecule has 1 amide bonds. The van der Waals surface area contributed by atoms with Crippen LogP contribution >= 0.6 is 11.6 Å². The average Bonchev–Trinajstić information content (AvgIpc) is 3.31. The van der Waals surface area contributed by atoms with E-state index in [9.17, 15) is 23.5 Å². The molecule has 1 unspecified atom stereocenters. The van der Waals surface area contributed by atoms with Crippen LogP contribution in [0.1, 0.15) is 45.2 Å². The highest BCUT2D eigenvalue weighted by Crippen LogP contribution is 2.36. The maximum atomic E-state index is 13.8. The molecule has 198 valence electrons. The smallest absolute Gasteiger partial charge is 0.387 e. The van der Waals surface area contributed by atoms with E-state index in [0.717, 1.165) is 5.69 Å². The first-order valence-electron chi connectivity index (χ1n) is 11.7. The lowest BCUT2D eigenvalue weighted by atomic mass is 9.85. The lowest BCUT2D eigenvalue weighted by Crippen LogP contribution is -2.55. The van der Waals surface area contributed by atoms with Gasteiger partial charge in [-0.2, -0.15) is 13.9 Å². The predicted octanol–water partition coefficient (Wildman–Crippen LogP) is 4.18. The Morgan fingerprint density at radius 3 is 2.53 bits per heavy atom. The number of carbonyl (C=O) groups is 2. The van der Waals surface area contributed by atoms with Crippen molar-refractivity contribution in [2.75, 3.05) is 31.6 Å². The zero-order valence-corrected chi connectivity index (χ0v) is 21.2. The van der Waals surface area contributed by atoms with Gasteiger partial charge < -0.3 is 19.9 Å². The number of aromatic nitrogens is 2. The van der Waals surface area contributed by atoms with E-state index >= 15 is 0 Å². The minimum atomic E-state index is -3.09. The first-order valence-corrected chi connectivity index (χ1v) is 12.1. The molecule has 2 N–H and O–H groups in total. The number of carboxylic acids is 1. The fraction of sp³-hybridized carbons (Fsp3) is 0.542. The number of alkyl halides is 2. The second-order valence-electron chi connectivity index (χ2n) is 8.91. The van der Waals surface area contributed by atoms with Gasteiger partial charge in [0.1, 0.15) is 5.54 Å². The highest BCUT2D eigenvalue weighted by Gasteiger charge is 2.46. The number of carboxylic acid groups (broad SMARTS) is 1. The van der Waals surface area contributed by atoms with Crippen LogP contribution in [-0.2, 0) is 19.9 Å². The van der Waals surface area contributed by atoms with E-state index in [1.54, 1.807) is 17.8 Å². The number of halogens is 3. The van der Waals surface area contributed by atoms with Crippen molar-refractivity contribution in [1.29, 1.82) is 0 Å². The molecule has 1 saturated heterocycles. The Kier molecular flexibility index (Phi) is 9.26. The minimum absolute atomic E-state index is 0.0621. The molecule has 0 spiro atoms. The van der Waals surface area contributed by atoms with Crippen LogP contribution < -0.4 is 10.1 Å². The van der Waals surface area contributed by atoms with Crippen LogP contribution in [0.25, 0.3) is 0 Å². The first-order chi connectivity index (χ1) is 17.1. The van der Waals surface area contributed by atoms with Crippen LogP contribution in [0, 0.1) is 0 Å². The van der Waals surface area contributed by atoms with Gasteiger partial charge in [0.2, 0.25) is 0 Å². The number of aliphatic carboxylic acids is 1. The normalized spacial score (nSPS) is 16.8. The van der Waals surface area contributed by atoms with Crippen LogP contribution in [0.2, 0.25) is 5.02 Å². The predicted molar refractivity (Wildman–Crippen MR) is 130 cm³/mol. The second-order valence-corrected chi connectivity index (χ2v) is 9.35. The molecule has 1 aromatic carbocycles. The maximum absolute atomic E-state index is 13.8. The molecule has 1 aromatic heterocycles. The summed E-state index contributed by atoms with van der Waals surface area (Å²) in [6.45, 7) is 3.87. The summed E-state index contributed by atoms with van der Waals surface area (Å²) in [5.74, 6) is -1.66. The molecular weight excluding hydrogens is 498 g/mol. The Hall–Kier alpha value is -2.76. The van der Waals surface area contributed by atoms with E-state index in [1.165, 1.54) is 18.2 Å². The van der Waals surface area contributed by atoms with Crippen LogP contribution in [-0.4, -0.2) is 70.6 Å². The van der Waals surface area contributed by atoms with Crippen molar-refractivity contribution in [3.63, 3.8) is 0 Å². The number of hydrogen-bond acceptors (Lipinski definition) is 6. The molecule has 36 heavy (non-hydrogen) atoms. The zero-order chi connectivity index (χ0) is 26.5. The van der Waals surface area contributed by atoms with E-state index in [4.69, 9.17) is 16.3 Å². The number of benzene rings is 1. The van der Waals surface area contributed by atoms with Crippen molar-refractivity contribution in [2.24, 2.45) is 0 Å². The number of carbonyl (C=O) groups excluding carboxylic acids is 1. The van der Waals surface area contributed by atoms with Crippen LogP contribution in [0.3, 0.4) is 0 Å². The highest BCUT2D eigenvalue weighted by atomic mass is 35.5. The summed E-state index contributed by atoms with van der Waals surface area (Å²) in [6, 6.07) is 5.94. The molecule has 9 nitrogen and oxygen atoms in total. The van der Waals surface area contributed by atoms with Gasteiger partial charge in [0.25, 0.3) is 5.91 Å². The summed E-state index contributed by atoms with van der Waals surface area (Å²) in [4.78, 5) is 27.3. The molecule has 0 bridgehead atoms. The molecule has 2 aromatic rings. The molecule has 12 heteroatoms. The molecular formula is C24H31ClF2N4O5. The van der Waals surface area contributed by atoms with E-state index in [-0.39, 0.29) is 35.5 Å². The van der Waals surface area contributed by atoms with Crippen LogP contribution in [0.5, 0.6) is 5.75 Å².